The monoisotopic (exact) mass is 367 g/mol. The van der Waals surface area contributed by atoms with Crippen LogP contribution < -0.4 is 20.5 Å². The van der Waals surface area contributed by atoms with Crippen molar-refractivity contribution in [2.75, 3.05) is 25.6 Å². The minimum absolute atomic E-state index is 0.314. The Kier molecular flexibility index (Phi) is 4.64. The SMILES string of the molecule is CCC1CNc2c(C(N)=O)c(OC)cc(-c3cnc4c(c3)CCCCO4)c21. The maximum Gasteiger partial charge on any atom is 0.254 e. The van der Waals surface area contributed by atoms with Crippen molar-refractivity contribution in [3.8, 4) is 22.8 Å². The van der Waals surface area contributed by atoms with Crippen LogP contribution in [-0.4, -0.2) is 31.2 Å². The smallest absolute Gasteiger partial charge is 0.254 e. The fraction of sp³-hybridized carbons (Fsp3) is 0.429. The zero-order valence-corrected chi connectivity index (χ0v) is 15.8. The number of rotatable bonds is 4. The van der Waals surface area contributed by atoms with Crippen molar-refractivity contribution >= 4 is 11.6 Å². The quantitative estimate of drug-likeness (QED) is 0.864. The Morgan fingerprint density at radius 1 is 1.41 bits per heavy atom. The van der Waals surface area contributed by atoms with Crippen molar-refractivity contribution in [1.29, 1.82) is 0 Å². The molecule has 1 amide bonds. The highest BCUT2D eigenvalue weighted by Crippen LogP contribution is 2.46. The largest absolute Gasteiger partial charge is 0.496 e. The maximum absolute atomic E-state index is 12.1. The van der Waals surface area contributed by atoms with Gasteiger partial charge in [-0.25, -0.2) is 4.98 Å². The van der Waals surface area contributed by atoms with E-state index in [2.05, 4.69) is 23.3 Å². The number of nitrogens with two attached hydrogens (primary N) is 1. The Morgan fingerprint density at radius 2 is 2.26 bits per heavy atom. The van der Waals surface area contributed by atoms with Gasteiger partial charge in [0.25, 0.3) is 5.91 Å². The van der Waals surface area contributed by atoms with Crippen LogP contribution in [0.1, 0.15) is 53.6 Å². The first kappa shape index (κ1) is 17.6. The molecule has 0 saturated carbocycles. The average Bonchev–Trinajstić information content (AvgIpc) is 2.96. The van der Waals surface area contributed by atoms with Crippen molar-refractivity contribution in [2.24, 2.45) is 5.73 Å². The van der Waals surface area contributed by atoms with Gasteiger partial charge in [0.2, 0.25) is 5.88 Å². The van der Waals surface area contributed by atoms with E-state index >= 15 is 0 Å². The third-order valence-electron chi connectivity index (χ3n) is 5.54. The van der Waals surface area contributed by atoms with E-state index in [4.69, 9.17) is 15.2 Å². The van der Waals surface area contributed by atoms with Crippen molar-refractivity contribution < 1.29 is 14.3 Å². The van der Waals surface area contributed by atoms with Crippen molar-refractivity contribution in [3.63, 3.8) is 0 Å². The number of nitrogens with zero attached hydrogens (tertiary/aromatic N) is 1. The van der Waals surface area contributed by atoms with E-state index in [1.165, 1.54) is 0 Å². The van der Waals surface area contributed by atoms with E-state index in [-0.39, 0.29) is 0 Å². The summed E-state index contributed by atoms with van der Waals surface area (Å²) >= 11 is 0. The first-order valence-corrected chi connectivity index (χ1v) is 9.54. The number of benzene rings is 1. The third-order valence-corrected chi connectivity index (χ3v) is 5.54. The molecule has 1 aromatic carbocycles. The number of hydrogen-bond acceptors (Lipinski definition) is 5. The fourth-order valence-corrected chi connectivity index (χ4v) is 4.14. The van der Waals surface area contributed by atoms with Gasteiger partial charge in [-0.1, -0.05) is 6.92 Å². The number of aromatic nitrogens is 1. The third kappa shape index (κ3) is 2.99. The Labute approximate surface area is 159 Å². The van der Waals surface area contributed by atoms with Crippen LogP contribution in [0.5, 0.6) is 11.6 Å². The molecule has 4 rings (SSSR count). The van der Waals surface area contributed by atoms with E-state index in [0.717, 1.165) is 72.7 Å². The lowest BCUT2D eigenvalue weighted by atomic mass is 9.88. The lowest BCUT2D eigenvalue weighted by molar-refractivity contribution is 0.0998. The zero-order valence-electron chi connectivity index (χ0n) is 15.8. The van der Waals surface area contributed by atoms with Gasteiger partial charge in [0.1, 0.15) is 11.3 Å². The summed E-state index contributed by atoms with van der Waals surface area (Å²) < 4.78 is 11.3. The van der Waals surface area contributed by atoms with Gasteiger partial charge in [-0.3, -0.25) is 4.79 Å². The predicted molar refractivity (Wildman–Crippen MR) is 105 cm³/mol. The predicted octanol–water partition coefficient (Wildman–Crippen LogP) is 3.49. The summed E-state index contributed by atoms with van der Waals surface area (Å²) in [6.07, 6.45) is 5.93. The van der Waals surface area contributed by atoms with Gasteiger partial charge in [0.15, 0.2) is 0 Å². The number of amides is 1. The van der Waals surface area contributed by atoms with Crippen molar-refractivity contribution in [3.05, 3.63) is 35.0 Å². The number of anilines is 1. The summed E-state index contributed by atoms with van der Waals surface area (Å²) in [6, 6.07) is 4.09. The van der Waals surface area contributed by atoms with Gasteiger partial charge in [0.05, 0.1) is 19.4 Å². The van der Waals surface area contributed by atoms with Crippen LogP contribution in [0.25, 0.3) is 11.1 Å². The van der Waals surface area contributed by atoms with Crippen LogP contribution >= 0.6 is 0 Å². The van der Waals surface area contributed by atoms with Gasteiger partial charge >= 0.3 is 0 Å². The number of primary amides is 1. The van der Waals surface area contributed by atoms with Gasteiger partial charge in [-0.05, 0) is 48.9 Å². The van der Waals surface area contributed by atoms with E-state index < -0.39 is 5.91 Å². The number of ether oxygens (including phenoxy) is 2. The maximum atomic E-state index is 12.1. The second-order valence-corrected chi connectivity index (χ2v) is 7.13. The number of aryl methyl sites for hydroxylation is 1. The van der Waals surface area contributed by atoms with Gasteiger partial charge < -0.3 is 20.5 Å². The summed E-state index contributed by atoms with van der Waals surface area (Å²) in [5.41, 5.74) is 11.2. The second kappa shape index (κ2) is 7.10. The molecule has 142 valence electrons. The standard InChI is InChI=1S/C21H25N3O3/c1-3-12-10-23-19-17(12)15(9-16(26-2)18(19)20(22)25)14-8-13-6-4-5-7-27-21(13)24-11-14/h8-9,11-12,23H,3-7,10H2,1-2H3,(H2,22,25). The van der Waals surface area contributed by atoms with Crippen LogP contribution in [0.3, 0.4) is 0 Å². The van der Waals surface area contributed by atoms with Crippen molar-refractivity contribution in [2.45, 2.75) is 38.5 Å². The number of pyridine rings is 1. The highest BCUT2D eigenvalue weighted by molar-refractivity contribution is 6.04. The minimum Gasteiger partial charge on any atom is -0.496 e. The molecule has 0 saturated heterocycles. The first-order valence-electron chi connectivity index (χ1n) is 9.54. The van der Waals surface area contributed by atoms with Crippen molar-refractivity contribution in [1.82, 2.24) is 4.98 Å². The number of hydrogen-bond donors (Lipinski definition) is 2. The summed E-state index contributed by atoms with van der Waals surface area (Å²) in [5.74, 6) is 1.06. The molecule has 2 aliphatic rings. The van der Waals surface area contributed by atoms with Crippen LogP contribution in [-0.2, 0) is 6.42 Å². The Bertz CT molecular complexity index is 895. The topological polar surface area (TPSA) is 86.5 Å². The molecule has 0 aliphatic carbocycles. The molecule has 2 aliphatic heterocycles. The Morgan fingerprint density at radius 3 is 3.00 bits per heavy atom. The molecule has 2 aromatic rings. The Hall–Kier alpha value is -2.76. The molecule has 1 unspecified atom stereocenters. The van der Waals surface area contributed by atoms with Crippen LogP contribution in [0.15, 0.2) is 18.3 Å². The average molecular weight is 367 g/mol. The molecule has 1 aromatic heterocycles. The first-order chi connectivity index (χ1) is 13.1. The number of methoxy groups -OCH3 is 1. The summed E-state index contributed by atoms with van der Waals surface area (Å²) in [5, 5.41) is 3.38. The lowest BCUT2D eigenvalue weighted by Crippen LogP contribution is -2.15. The molecule has 3 heterocycles. The highest BCUT2D eigenvalue weighted by Gasteiger charge is 2.31. The second-order valence-electron chi connectivity index (χ2n) is 7.13. The molecule has 6 heteroatoms. The highest BCUT2D eigenvalue weighted by atomic mass is 16.5. The van der Waals surface area contributed by atoms with Gasteiger partial charge in [-0.2, -0.15) is 0 Å². The van der Waals surface area contributed by atoms with Gasteiger partial charge in [0, 0.05) is 29.8 Å². The molecule has 0 radical (unpaired) electrons. The molecular formula is C21H25N3O3. The molecule has 3 N–H and O–H groups in total. The Balaban J connectivity index is 1.92. The number of carbonyl (C=O) groups is 1. The van der Waals surface area contributed by atoms with E-state index in [1.54, 1.807) is 7.11 Å². The molecule has 0 spiro atoms. The molecule has 0 bridgehead atoms. The van der Waals surface area contributed by atoms with Crippen LogP contribution in [0.4, 0.5) is 5.69 Å². The van der Waals surface area contributed by atoms with E-state index in [9.17, 15) is 4.79 Å². The number of carbonyl (C=O) groups excluding carboxylic acids is 1. The summed E-state index contributed by atoms with van der Waals surface area (Å²) in [4.78, 5) is 16.7. The summed E-state index contributed by atoms with van der Waals surface area (Å²) in [6.45, 7) is 3.66. The zero-order chi connectivity index (χ0) is 19.0. The van der Waals surface area contributed by atoms with E-state index in [1.807, 2.05) is 12.3 Å². The number of nitrogens with one attached hydrogen (secondary N) is 1. The van der Waals surface area contributed by atoms with Crippen LogP contribution in [0, 0.1) is 0 Å². The fourth-order valence-electron chi connectivity index (χ4n) is 4.14. The van der Waals surface area contributed by atoms with E-state index in [0.29, 0.717) is 17.2 Å². The lowest BCUT2D eigenvalue weighted by Gasteiger charge is -2.18. The molecule has 6 nitrogen and oxygen atoms in total. The van der Waals surface area contributed by atoms with Crippen LogP contribution in [0.2, 0.25) is 0 Å². The molecular weight excluding hydrogens is 342 g/mol. The summed E-state index contributed by atoms with van der Waals surface area (Å²) in [7, 11) is 1.56. The van der Waals surface area contributed by atoms with Gasteiger partial charge in [-0.15, -0.1) is 0 Å². The normalized spacial score (nSPS) is 17.9. The molecule has 1 atom stereocenters. The minimum atomic E-state index is -0.479. The molecule has 27 heavy (non-hydrogen) atoms. The number of fused-ring (bicyclic) bond motifs is 2. The molecule has 0 fully saturated rings.